The molecule has 1 N–H and O–H groups in total. The van der Waals surface area contributed by atoms with E-state index in [2.05, 4.69) is 37.4 Å². The van der Waals surface area contributed by atoms with Gasteiger partial charge in [0.05, 0.1) is 12.0 Å². The Morgan fingerprint density at radius 1 is 1.23 bits per heavy atom. The summed E-state index contributed by atoms with van der Waals surface area (Å²) in [6.45, 7) is 4.92. The molecular weight excluding hydrogens is 294 g/mol. The summed E-state index contributed by atoms with van der Waals surface area (Å²) in [5, 5.41) is 2.97. The number of carbonyl (C=O) groups excluding carboxylic acids is 1. The van der Waals surface area contributed by atoms with Crippen molar-refractivity contribution in [2.24, 2.45) is 0 Å². The number of rotatable bonds is 8. The summed E-state index contributed by atoms with van der Waals surface area (Å²) in [5.41, 5.74) is 3.81. The van der Waals surface area contributed by atoms with Gasteiger partial charge < -0.3 is 9.73 Å². The standard InChI is InChI=1S/C18H23NO2S/c1-14-5-6-16(12-15(14)2)7-8-18(20)19-9-11-22-13-17-4-3-10-21-17/h3-6,10,12H,7-9,11,13H2,1-2H3,(H,19,20). The van der Waals surface area contributed by atoms with Crippen LogP contribution >= 0.6 is 11.8 Å². The van der Waals surface area contributed by atoms with Gasteiger partial charge in [-0.25, -0.2) is 0 Å². The van der Waals surface area contributed by atoms with Gasteiger partial charge in [-0.05, 0) is 49.1 Å². The molecule has 0 saturated carbocycles. The third-order valence-corrected chi connectivity index (χ3v) is 4.59. The lowest BCUT2D eigenvalue weighted by Crippen LogP contribution is -2.25. The van der Waals surface area contributed by atoms with Crippen LogP contribution in [0.5, 0.6) is 0 Å². The summed E-state index contributed by atoms with van der Waals surface area (Å²) in [6, 6.07) is 10.3. The molecule has 4 heteroatoms. The summed E-state index contributed by atoms with van der Waals surface area (Å²) in [5.74, 6) is 2.85. The zero-order valence-corrected chi connectivity index (χ0v) is 14.0. The Kier molecular flexibility index (Phi) is 6.59. The number of amides is 1. The average molecular weight is 317 g/mol. The molecule has 0 aliphatic carbocycles. The third kappa shape index (κ3) is 5.60. The molecular formula is C18H23NO2S. The van der Waals surface area contributed by atoms with Crippen molar-refractivity contribution in [1.82, 2.24) is 5.32 Å². The molecule has 3 nitrogen and oxygen atoms in total. The Bertz CT molecular complexity index is 593. The van der Waals surface area contributed by atoms with Gasteiger partial charge >= 0.3 is 0 Å². The Hall–Kier alpha value is -1.68. The summed E-state index contributed by atoms with van der Waals surface area (Å²) in [4.78, 5) is 11.8. The van der Waals surface area contributed by atoms with Crippen molar-refractivity contribution >= 4 is 17.7 Å². The van der Waals surface area contributed by atoms with Gasteiger partial charge in [0.2, 0.25) is 5.91 Å². The molecule has 0 fully saturated rings. The van der Waals surface area contributed by atoms with Gasteiger partial charge in [0, 0.05) is 18.7 Å². The van der Waals surface area contributed by atoms with Gasteiger partial charge in [-0.3, -0.25) is 4.79 Å². The van der Waals surface area contributed by atoms with Crippen LogP contribution in [-0.4, -0.2) is 18.2 Å². The SMILES string of the molecule is Cc1ccc(CCC(=O)NCCSCc2ccco2)cc1C. The number of thioether (sulfide) groups is 1. The predicted molar refractivity (Wildman–Crippen MR) is 92.1 cm³/mol. The fourth-order valence-electron chi connectivity index (χ4n) is 2.14. The lowest BCUT2D eigenvalue weighted by atomic mass is 10.0. The Morgan fingerprint density at radius 3 is 2.82 bits per heavy atom. The molecule has 2 rings (SSSR count). The summed E-state index contributed by atoms with van der Waals surface area (Å²) >= 11 is 1.76. The monoisotopic (exact) mass is 317 g/mol. The molecule has 1 amide bonds. The van der Waals surface area contributed by atoms with Gasteiger partial charge in [0.1, 0.15) is 5.76 Å². The van der Waals surface area contributed by atoms with Crippen LogP contribution in [0.15, 0.2) is 41.0 Å². The first kappa shape index (κ1) is 16.7. The molecule has 1 aromatic heterocycles. The number of aryl methyl sites for hydroxylation is 3. The van der Waals surface area contributed by atoms with E-state index in [-0.39, 0.29) is 5.91 Å². The maximum atomic E-state index is 11.8. The Labute approximate surface area is 136 Å². The number of hydrogen-bond acceptors (Lipinski definition) is 3. The smallest absolute Gasteiger partial charge is 0.220 e. The van der Waals surface area contributed by atoms with Crippen molar-refractivity contribution in [2.45, 2.75) is 32.4 Å². The number of furan rings is 1. The second-order valence-electron chi connectivity index (χ2n) is 5.40. The van der Waals surface area contributed by atoms with Gasteiger partial charge in [0.15, 0.2) is 0 Å². The van der Waals surface area contributed by atoms with Crippen LogP contribution in [0.1, 0.15) is 28.9 Å². The van der Waals surface area contributed by atoms with Crippen molar-refractivity contribution in [2.75, 3.05) is 12.3 Å². The summed E-state index contributed by atoms with van der Waals surface area (Å²) < 4.78 is 5.26. The molecule has 0 unspecified atom stereocenters. The van der Waals surface area contributed by atoms with Gasteiger partial charge in [0.25, 0.3) is 0 Å². The number of nitrogens with one attached hydrogen (secondary N) is 1. The predicted octanol–water partition coefficient (Wildman–Crippen LogP) is 3.88. The maximum Gasteiger partial charge on any atom is 0.220 e. The van der Waals surface area contributed by atoms with Crippen LogP contribution in [0.4, 0.5) is 0 Å². The zero-order valence-electron chi connectivity index (χ0n) is 13.2. The molecule has 0 saturated heterocycles. The Morgan fingerprint density at radius 2 is 2.09 bits per heavy atom. The topological polar surface area (TPSA) is 42.2 Å². The van der Waals surface area contributed by atoms with E-state index < -0.39 is 0 Å². The van der Waals surface area contributed by atoms with Crippen LogP contribution in [0.25, 0.3) is 0 Å². The van der Waals surface area contributed by atoms with E-state index in [0.717, 1.165) is 23.7 Å². The molecule has 22 heavy (non-hydrogen) atoms. The first-order valence-electron chi connectivity index (χ1n) is 7.58. The maximum absolute atomic E-state index is 11.8. The molecule has 0 aliphatic heterocycles. The second-order valence-corrected chi connectivity index (χ2v) is 6.51. The van der Waals surface area contributed by atoms with Crippen molar-refractivity contribution in [3.8, 4) is 0 Å². The van der Waals surface area contributed by atoms with Gasteiger partial charge in [-0.15, -0.1) is 0 Å². The van der Waals surface area contributed by atoms with E-state index in [9.17, 15) is 4.79 Å². The average Bonchev–Trinajstić information content (AvgIpc) is 3.01. The van der Waals surface area contributed by atoms with Crippen molar-refractivity contribution in [1.29, 1.82) is 0 Å². The van der Waals surface area contributed by atoms with Crippen molar-refractivity contribution in [3.63, 3.8) is 0 Å². The van der Waals surface area contributed by atoms with Crippen molar-refractivity contribution < 1.29 is 9.21 Å². The van der Waals surface area contributed by atoms with E-state index in [1.165, 1.54) is 16.7 Å². The quantitative estimate of drug-likeness (QED) is 0.751. The van der Waals surface area contributed by atoms with E-state index in [0.29, 0.717) is 13.0 Å². The van der Waals surface area contributed by atoms with Crippen LogP contribution in [0, 0.1) is 13.8 Å². The lowest BCUT2D eigenvalue weighted by molar-refractivity contribution is -0.120. The van der Waals surface area contributed by atoms with Crippen LogP contribution < -0.4 is 5.32 Å². The highest BCUT2D eigenvalue weighted by atomic mass is 32.2. The van der Waals surface area contributed by atoms with E-state index in [4.69, 9.17) is 4.42 Å². The van der Waals surface area contributed by atoms with Crippen LogP contribution in [0.2, 0.25) is 0 Å². The molecule has 0 radical (unpaired) electrons. The minimum Gasteiger partial charge on any atom is -0.468 e. The minimum absolute atomic E-state index is 0.122. The van der Waals surface area contributed by atoms with Gasteiger partial charge in [-0.2, -0.15) is 11.8 Å². The first-order chi connectivity index (χ1) is 10.6. The van der Waals surface area contributed by atoms with E-state index in [1.54, 1.807) is 18.0 Å². The second kappa shape index (κ2) is 8.69. The number of hydrogen-bond donors (Lipinski definition) is 1. The highest BCUT2D eigenvalue weighted by Gasteiger charge is 2.03. The highest BCUT2D eigenvalue weighted by Crippen LogP contribution is 2.12. The molecule has 1 heterocycles. The normalized spacial score (nSPS) is 10.6. The minimum atomic E-state index is 0.122. The third-order valence-electron chi connectivity index (χ3n) is 3.61. The lowest BCUT2D eigenvalue weighted by Gasteiger charge is -2.07. The Balaban J connectivity index is 1.58. The fourth-order valence-corrected chi connectivity index (χ4v) is 2.89. The zero-order chi connectivity index (χ0) is 15.8. The molecule has 0 bridgehead atoms. The fraction of sp³-hybridized carbons (Fsp3) is 0.389. The van der Waals surface area contributed by atoms with Crippen LogP contribution in [-0.2, 0) is 17.0 Å². The van der Waals surface area contributed by atoms with E-state index >= 15 is 0 Å². The van der Waals surface area contributed by atoms with Gasteiger partial charge in [-0.1, -0.05) is 18.2 Å². The number of carbonyl (C=O) groups is 1. The van der Waals surface area contributed by atoms with Crippen LogP contribution in [0.3, 0.4) is 0 Å². The highest BCUT2D eigenvalue weighted by molar-refractivity contribution is 7.98. The molecule has 118 valence electrons. The molecule has 2 aromatic rings. The van der Waals surface area contributed by atoms with E-state index in [1.807, 2.05) is 12.1 Å². The molecule has 0 atom stereocenters. The largest absolute Gasteiger partial charge is 0.468 e. The molecule has 0 spiro atoms. The summed E-state index contributed by atoms with van der Waals surface area (Å²) in [6.07, 6.45) is 3.03. The molecule has 1 aromatic carbocycles. The van der Waals surface area contributed by atoms with Crippen molar-refractivity contribution in [3.05, 3.63) is 59.0 Å². The number of benzene rings is 1. The molecule has 0 aliphatic rings. The summed E-state index contributed by atoms with van der Waals surface area (Å²) in [7, 11) is 0. The first-order valence-corrected chi connectivity index (χ1v) is 8.73.